The van der Waals surface area contributed by atoms with Crippen LogP contribution in [-0.4, -0.2) is 26.8 Å². The number of carboxylic acid groups (broad SMARTS) is 1. The fourth-order valence-electron chi connectivity index (χ4n) is 2.29. The average molecular weight is 315 g/mol. The Hall–Kier alpha value is -2.63. The van der Waals surface area contributed by atoms with Crippen LogP contribution < -0.4 is 5.32 Å². The van der Waals surface area contributed by atoms with Crippen molar-refractivity contribution in [1.29, 1.82) is 0 Å². The smallest absolute Gasteiger partial charge is 0.325 e. The van der Waals surface area contributed by atoms with Gasteiger partial charge in [-0.2, -0.15) is 5.10 Å². The maximum Gasteiger partial charge on any atom is 0.325 e. The summed E-state index contributed by atoms with van der Waals surface area (Å²) in [5.74, 6) is -0.201. The van der Waals surface area contributed by atoms with Gasteiger partial charge in [0.15, 0.2) is 5.82 Å². The monoisotopic (exact) mass is 315 g/mol. The molecule has 0 radical (unpaired) electrons. The van der Waals surface area contributed by atoms with Gasteiger partial charge in [0.25, 0.3) is 0 Å². The summed E-state index contributed by atoms with van der Waals surface area (Å²) >= 11 is 0. The Morgan fingerprint density at radius 3 is 2.43 bits per heavy atom. The molecule has 0 unspecified atom stereocenters. The second-order valence-electron chi connectivity index (χ2n) is 5.93. The molecule has 23 heavy (non-hydrogen) atoms. The largest absolute Gasteiger partial charge is 0.480 e. The number of aromatic nitrogens is 2. The number of anilines is 1. The Labute approximate surface area is 135 Å². The molecule has 1 aromatic carbocycles. The zero-order valence-corrected chi connectivity index (χ0v) is 13.3. The predicted molar refractivity (Wildman–Crippen MR) is 87.2 cm³/mol. The van der Waals surface area contributed by atoms with Gasteiger partial charge in [-0.1, -0.05) is 38.1 Å². The molecule has 0 fully saturated rings. The molecule has 6 heteroatoms. The number of nitrogens with one attached hydrogen (secondary N) is 1. The highest BCUT2D eigenvalue weighted by Gasteiger charge is 2.08. The number of hydrogen-bond acceptors (Lipinski definition) is 3. The third-order valence-corrected chi connectivity index (χ3v) is 3.24. The van der Waals surface area contributed by atoms with E-state index < -0.39 is 5.97 Å². The first kappa shape index (κ1) is 16.7. The molecule has 2 rings (SSSR count). The van der Waals surface area contributed by atoms with E-state index in [1.165, 1.54) is 16.4 Å². The number of benzene rings is 1. The highest BCUT2D eigenvalue weighted by atomic mass is 16.4. The second-order valence-corrected chi connectivity index (χ2v) is 5.93. The SMILES string of the molecule is CC(C)Cc1ccc(CC(=O)Nc2ccn(CC(=O)O)n2)cc1. The topological polar surface area (TPSA) is 84.2 Å². The first-order chi connectivity index (χ1) is 10.9. The summed E-state index contributed by atoms with van der Waals surface area (Å²) in [6.07, 6.45) is 2.80. The fourth-order valence-corrected chi connectivity index (χ4v) is 2.29. The Bertz CT molecular complexity index is 675. The van der Waals surface area contributed by atoms with Crippen molar-refractivity contribution < 1.29 is 14.7 Å². The van der Waals surface area contributed by atoms with Gasteiger partial charge in [0.05, 0.1) is 6.42 Å². The molecule has 0 bridgehead atoms. The van der Waals surface area contributed by atoms with E-state index in [2.05, 4.69) is 24.3 Å². The Balaban J connectivity index is 1.89. The zero-order valence-electron chi connectivity index (χ0n) is 13.3. The van der Waals surface area contributed by atoms with Crippen LogP contribution in [0.5, 0.6) is 0 Å². The molecule has 6 nitrogen and oxygen atoms in total. The molecule has 0 spiro atoms. The summed E-state index contributed by atoms with van der Waals surface area (Å²) in [7, 11) is 0. The normalized spacial score (nSPS) is 10.7. The minimum atomic E-state index is -0.979. The number of nitrogens with zero attached hydrogens (tertiary/aromatic N) is 2. The minimum Gasteiger partial charge on any atom is -0.480 e. The highest BCUT2D eigenvalue weighted by Crippen LogP contribution is 2.11. The van der Waals surface area contributed by atoms with Gasteiger partial charge < -0.3 is 10.4 Å². The molecule has 1 heterocycles. The van der Waals surface area contributed by atoms with Crippen molar-refractivity contribution in [3.63, 3.8) is 0 Å². The third kappa shape index (κ3) is 5.58. The highest BCUT2D eigenvalue weighted by molar-refractivity contribution is 5.91. The number of aliphatic carboxylic acids is 1. The van der Waals surface area contributed by atoms with Gasteiger partial charge in [-0.15, -0.1) is 0 Å². The van der Waals surface area contributed by atoms with E-state index in [0.717, 1.165) is 12.0 Å². The van der Waals surface area contributed by atoms with Crippen LogP contribution in [0.25, 0.3) is 0 Å². The molecule has 1 amide bonds. The molecular formula is C17H21N3O3. The molecule has 0 aliphatic rings. The summed E-state index contributed by atoms with van der Waals surface area (Å²) in [6, 6.07) is 9.58. The van der Waals surface area contributed by atoms with Gasteiger partial charge >= 0.3 is 5.97 Å². The number of rotatable bonds is 7. The first-order valence-electron chi connectivity index (χ1n) is 7.55. The molecule has 1 aromatic heterocycles. The van der Waals surface area contributed by atoms with Crippen LogP contribution in [0.1, 0.15) is 25.0 Å². The van der Waals surface area contributed by atoms with Crippen LogP contribution in [0.4, 0.5) is 5.82 Å². The molecule has 0 saturated carbocycles. The molecule has 0 saturated heterocycles. The van der Waals surface area contributed by atoms with E-state index in [-0.39, 0.29) is 18.9 Å². The number of hydrogen-bond donors (Lipinski definition) is 2. The van der Waals surface area contributed by atoms with Gasteiger partial charge in [-0.05, 0) is 23.5 Å². The Morgan fingerprint density at radius 2 is 1.83 bits per heavy atom. The number of carbonyl (C=O) groups is 2. The summed E-state index contributed by atoms with van der Waals surface area (Å²) in [5.41, 5.74) is 2.19. The van der Waals surface area contributed by atoms with Crippen molar-refractivity contribution >= 4 is 17.7 Å². The quantitative estimate of drug-likeness (QED) is 0.821. The third-order valence-electron chi connectivity index (χ3n) is 3.24. The summed E-state index contributed by atoms with van der Waals surface area (Å²) in [4.78, 5) is 22.6. The van der Waals surface area contributed by atoms with Crippen LogP contribution >= 0.6 is 0 Å². The van der Waals surface area contributed by atoms with Gasteiger partial charge in [0.1, 0.15) is 6.54 Å². The van der Waals surface area contributed by atoms with E-state index in [0.29, 0.717) is 11.7 Å². The van der Waals surface area contributed by atoms with Gasteiger partial charge in [-0.3, -0.25) is 14.3 Å². The lowest BCUT2D eigenvalue weighted by Crippen LogP contribution is -2.15. The minimum absolute atomic E-state index is 0.179. The molecule has 0 aliphatic heterocycles. The summed E-state index contributed by atoms with van der Waals surface area (Å²) < 4.78 is 1.26. The maximum absolute atomic E-state index is 12.0. The number of amides is 1. The van der Waals surface area contributed by atoms with Crippen molar-refractivity contribution in [3.8, 4) is 0 Å². The molecule has 0 aliphatic carbocycles. The van der Waals surface area contributed by atoms with E-state index in [1.807, 2.05) is 24.3 Å². The van der Waals surface area contributed by atoms with Crippen LogP contribution in [-0.2, 0) is 29.0 Å². The van der Waals surface area contributed by atoms with Crippen LogP contribution in [0, 0.1) is 5.92 Å². The van der Waals surface area contributed by atoms with Gasteiger partial charge in [-0.25, -0.2) is 0 Å². The first-order valence-corrected chi connectivity index (χ1v) is 7.55. The van der Waals surface area contributed by atoms with E-state index in [1.54, 1.807) is 6.07 Å². The van der Waals surface area contributed by atoms with Crippen molar-refractivity contribution in [2.45, 2.75) is 33.2 Å². The lowest BCUT2D eigenvalue weighted by Gasteiger charge is -2.06. The maximum atomic E-state index is 12.0. The van der Waals surface area contributed by atoms with Crippen molar-refractivity contribution in [1.82, 2.24) is 9.78 Å². The Kier molecular flexibility index (Phi) is 5.51. The van der Waals surface area contributed by atoms with Crippen LogP contribution in [0.15, 0.2) is 36.5 Å². The molecule has 2 aromatic rings. The summed E-state index contributed by atoms with van der Waals surface area (Å²) in [6.45, 7) is 4.11. The zero-order chi connectivity index (χ0) is 16.8. The fraction of sp³-hybridized carbons (Fsp3) is 0.353. The lowest BCUT2D eigenvalue weighted by atomic mass is 10.0. The van der Waals surface area contributed by atoms with Crippen LogP contribution in [0.3, 0.4) is 0 Å². The van der Waals surface area contributed by atoms with Gasteiger partial charge in [0.2, 0.25) is 5.91 Å². The lowest BCUT2D eigenvalue weighted by molar-refractivity contribution is -0.137. The van der Waals surface area contributed by atoms with Crippen molar-refractivity contribution in [2.24, 2.45) is 5.92 Å². The van der Waals surface area contributed by atoms with Gasteiger partial charge in [0, 0.05) is 12.3 Å². The molecule has 2 N–H and O–H groups in total. The number of carboxylic acids is 1. The number of carbonyl (C=O) groups excluding carboxylic acids is 1. The molecular weight excluding hydrogens is 294 g/mol. The van der Waals surface area contributed by atoms with Crippen LogP contribution in [0.2, 0.25) is 0 Å². The van der Waals surface area contributed by atoms with E-state index in [9.17, 15) is 9.59 Å². The second kappa shape index (κ2) is 7.58. The van der Waals surface area contributed by atoms with Crippen molar-refractivity contribution in [2.75, 3.05) is 5.32 Å². The average Bonchev–Trinajstić information content (AvgIpc) is 2.86. The summed E-state index contributed by atoms with van der Waals surface area (Å²) in [5, 5.41) is 15.3. The molecule has 0 atom stereocenters. The van der Waals surface area contributed by atoms with E-state index >= 15 is 0 Å². The Morgan fingerprint density at radius 1 is 1.17 bits per heavy atom. The van der Waals surface area contributed by atoms with Crippen molar-refractivity contribution in [3.05, 3.63) is 47.7 Å². The standard InChI is InChI=1S/C17H21N3O3/c1-12(2)9-13-3-5-14(6-4-13)10-16(21)18-15-7-8-20(19-15)11-17(22)23/h3-8,12H,9-11H2,1-2H3,(H,22,23)(H,18,19,21). The van der Waals surface area contributed by atoms with E-state index in [4.69, 9.17) is 5.11 Å². The molecule has 122 valence electrons. The predicted octanol–water partition coefficient (Wildman–Crippen LogP) is 2.35.